The molecule has 0 saturated carbocycles. The summed E-state index contributed by atoms with van der Waals surface area (Å²) in [6.07, 6.45) is -1.29. The molecule has 3 aromatic rings. The number of carbonyl (C=O) groups excluding carboxylic acids is 1. The highest BCUT2D eigenvalue weighted by Gasteiger charge is 2.18. The van der Waals surface area contributed by atoms with E-state index in [9.17, 15) is 19.1 Å². The van der Waals surface area contributed by atoms with Gasteiger partial charge in [0.2, 0.25) is 0 Å². The number of aromatic nitrogens is 2. The zero-order chi connectivity index (χ0) is 17.3. The van der Waals surface area contributed by atoms with Crippen molar-refractivity contribution < 1.29 is 14.3 Å². The molecule has 1 unspecified atom stereocenters. The molecule has 1 aromatic heterocycles. The molecule has 0 spiro atoms. The molecule has 6 nitrogen and oxygen atoms in total. The fourth-order valence-electron chi connectivity index (χ4n) is 2.55. The van der Waals surface area contributed by atoms with E-state index in [1.807, 2.05) is 0 Å². The van der Waals surface area contributed by atoms with Crippen LogP contribution in [0.2, 0.25) is 0 Å². The highest BCUT2D eigenvalue weighted by Crippen LogP contribution is 2.19. The van der Waals surface area contributed by atoms with Crippen molar-refractivity contribution in [1.82, 2.24) is 9.78 Å². The summed E-state index contributed by atoms with van der Waals surface area (Å²) in [5, 5.41) is 14.8. The van der Waals surface area contributed by atoms with Crippen molar-refractivity contribution in [3.63, 3.8) is 0 Å². The number of fused-ring (bicyclic) bond motifs is 1. The molecule has 1 heterocycles. The van der Waals surface area contributed by atoms with Crippen molar-refractivity contribution in [2.75, 3.05) is 0 Å². The fourth-order valence-corrected chi connectivity index (χ4v) is 2.55. The number of aliphatic hydroxyl groups is 1. The Morgan fingerprint density at radius 1 is 1.17 bits per heavy atom. The largest absolute Gasteiger partial charge is 0.386 e. The summed E-state index contributed by atoms with van der Waals surface area (Å²) in [5.41, 5.74) is 4.79. The Morgan fingerprint density at radius 2 is 1.79 bits per heavy atom. The second-order valence-electron chi connectivity index (χ2n) is 5.28. The van der Waals surface area contributed by atoms with Crippen molar-refractivity contribution in [3.05, 3.63) is 76.0 Å². The molecule has 0 aliphatic heterocycles. The van der Waals surface area contributed by atoms with Gasteiger partial charge in [0.05, 0.1) is 11.9 Å². The van der Waals surface area contributed by atoms with Crippen molar-refractivity contribution in [1.29, 1.82) is 0 Å². The molecular weight excluding hydrogens is 313 g/mol. The lowest BCUT2D eigenvalue weighted by Crippen LogP contribution is -2.30. The van der Waals surface area contributed by atoms with Crippen LogP contribution in [0.3, 0.4) is 0 Å². The van der Waals surface area contributed by atoms with Crippen LogP contribution >= 0.6 is 0 Å². The van der Waals surface area contributed by atoms with E-state index in [1.165, 1.54) is 24.3 Å². The Kier molecular flexibility index (Phi) is 4.09. The maximum absolute atomic E-state index is 13.8. The molecule has 1 amide bonds. The van der Waals surface area contributed by atoms with E-state index in [0.29, 0.717) is 5.39 Å². The molecule has 0 saturated heterocycles. The predicted molar refractivity (Wildman–Crippen MR) is 85.9 cm³/mol. The van der Waals surface area contributed by atoms with Crippen LogP contribution in [0.1, 0.15) is 22.2 Å². The van der Waals surface area contributed by atoms with E-state index >= 15 is 0 Å². The number of benzene rings is 2. The van der Waals surface area contributed by atoms with E-state index in [-0.39, 0.29) is 23.2 Å². The number of amides is 1. The van der Waals surface area contributed by atoms with Gasteiger partial charge in [0.1, 0.15) is 11.9 Å². The highest BCUT2D eigenvalue weighted by molar-refractivity contribution is 6.03. The number of nitrogens with two attached hydrogens (primary N) is 1. The van der Waals surface area contributed by atoms with Gasteiger partial charge in [0, 0.05) is 10.9 Å². The lowest BCUT2D eigenvalue weighted by atomic mass is 10.1. The zero-order valence-electron chi connectivity index (χ0n) is 12.5. The molecule has 0 radical (unpaired) electrons. The fraction of sp³-hybridized carbons (Fsp3) is 0.118. The number of rotatable bonds is 4. The van der Waals surface area contributed by atoms with Gasteiger partial charge in [-0.25, -0.2) is 9.07 Å². The Morgan fingerprint density at radius 3 is 2.46 bits per heavy atom. The smallest absolute Gasteiger partial charge is 0.274 e. The monoisotopic (exact) mass is 327 g/mol. The third-order valence-corrected chi connectivity index (χ3v) is 3.71. The van der Waals surface area contributed by atoms with Crippen LogP contribution in [0.15, 0.2) is 53.3 Å². The first-order valence-corrected chi connectivity index (χ1v) is 7.21. The zero-order valence-corrected chi connectivity index (χ0v) is 12.5. The molecule has 0 bridgehead atoms. The first kappa shape index (κ1) is 15.8. The number of primary amides is 1. The summed E-state index contributed by atoms with van der Waals surface area (Å²) in [6.45, 7) is -0.301. The SMILES string of the molecule is NC(=O)c1nn(CC(O)c2ccccc2F)c(=O)c2ccccc12. The van der Waals surface area contributed by atoms with Crippen molar-refractivity contribution in [2.45, 2.75) is 12.6 Å². The minimum Gasteiger partial charge on any atom is -0.386 e. The molecule has 3 rings (SSSR count). The summed E-state index contributed by atoms with van der Waals surface area (Å²) < 4.78 is 14.7. The predicted octanol–water partition coefficient (Wildman–Crippen LogP) is 1.37. The van der Waals surface area contributed by atoms with Crippen LogP contribution in [-0.2, 0) is 6.54 Å². The average molecular weight is 327 g/mol. The quantitative estimate of drug-likeness (QED) is 0.756. The van der Waals surface area contributed by atoms with Gasteiger partial charge in [-0.2, -0.15) is 5.10 Å². The molecule has 24 heavy (non-hydrogen) atoms. The maximum atomic E-state index is 13.8. The lowest BCUT2D eigenvalue weighted by Gasteiger charge is -2.14. The van der Waals surface area contributed by atoms with E-state index < -0.39 is 23.4 Å². The standard InChI is InChI=1S/C17H14FN3O3/c18-13-8-4-3-7-12(13)14(22)9-21-17(24)11-6-2-1-5-10(11)15(20-21)16(19)23/h1-8,14,22H,9H2,(H2,19,23). The molecule has 0 fully saturated rings. The molecule has 2 aromatic carbocycles. The van der Waals surface area contributed by atoms with Gasteiger partial charge in [0.15, 0.2) is 5.69 Å². The average Bonchev–Trinajstić information content (AvgIpc) is 2.57. The number of hydrogen-bond acceptors (Lipinski definition) is 4. The maximum Gasteiger partial charge on any atom is 0.274 e. The Bertz CT molecular complexity index is 984. The van der Waals surface area contributed by atoms with Crippen molar-refractivity contribution in [2.24, 2.45) is 5.73 Å². The van der Waals surface area contributed by atoms with Gasteiger partial charge in [-0.1, -0.05) is 36.4 Å². The van der Waals surface area contributed by atoms with Crippen LogP contribution in [0.4, 0.5) is 4.39 Å². The molecule has 0 aliphatic rings. The number of carbonyl (C=O) groups is 1. The molecule has 0 aliphatic carbocycles. The van der Waals surface area contributed by atoms with E-state index in [4.69, 9.17) is 5.73 Å². The molecular formula is C17H14FN3O3. The number of nitrogens with zero attached hydrogens (tertiary/aromatic N) is 2. The summed E-state index contributed by atoms with van der Waals surface area (Å²) in [4.78, 5) is 24.1. The summed E-state index contributed by atoms with van der Waals surface area (Å²) in [7, 11) is 0. The topological polar surface area (TPSA) is 98.2 Å². The van der Waals surface area contributed by atoms with Crippen LogP contribution in [0.25, 0.3) is 10.8 Å². The second-order valence-corrected chi connectivity index (χ2v) is 5.28. The molecule has 122 valence electrons. The van der Waals surface area contributed by atoms with Crippen LogP contribution < -0.4 is 11.3 Å². The molecule has 7 heteroatoms. The Labute approximate surface area is 136 Å². The number of halogens is 1. The van der Waals surface area contributed by atoms with Crippen molar-refractivity contribution >= 4 is 16.7 Å². The van der Waals surface area contributed by atoms with Crippen LogP contribution in [-0.4, -0.2) is 20.8 Å². The normalized spacial score (nSPS) is 12.2. The lowest BCUT2D eigenvalue weighted by molar-refractivity contribution is 0.0991. The third kappa shape index (κ3) is 2.77. The van der Waals surface area contributed by atoms with Crippen LogP contribution in [0.5, 0.6) is 0 Å². The number of aliphatic hydroxyl groups excluding tert-OH is 1. The first-order chi connectivity index (χ1) is 11.5. The summed E-state index contributed by atoms with van der Waals surface area (Å²) >= 11 is 0. The van der Waals surface area contributed by atoms with E-state index in [1.54, 1.807) is 24.3 Å². The van der Waals surface area contributed by atoms with Gasteiger partial charge >= 0.3 is 0 Å². The minimum absolute atomic E-state index is 0.0417. The number of hydrogen-bond donors (Lipinski definition) is 2. The minimum atomic E-state index is -1.29. The van der Waals surface area contributed by atoms with E-state index in [2.05, 4.69) is 5.10 Å². The van der Waals surface area contributed by atoms with Gasteiger partial charge < -0.3 is 10.8 Å². The van der Waals surface area contributed by atoms with E-state index in [0.717, 1.165) is 4.68 Å². The Hall–Kier alpha value is -3.06. The highest BCUT2D eigenvalue weighted by atomic mass is 19.1. The van der Waals surface area contributed by atoms with Gasteiger partial charge in [-0.05, 0) is 12.1 Å². The van der Waals surface area contributed by atoms with Gasteiger partial charge in [-0.3, -0.25) is 9.59 Å². The van der Waals surface area contributed by atoms with Gasteiger partial charge in [0.25, 0.3) is 11.5 Å². The second kappa shape index (κ2) is 6.21. The third-order valence-electron chi connectivity index (χ3n) is 3.71. The molecule has 1 atom stereocenters. The first-order valence-electron chi connectivity index (χ1n) is 7.21. The summed E-state index contributed by atoms with van der Waals surface area (Å²) in [5.74, 6) is -1.38. The van der Waals surface area contributed by atoms with Gasteiger partial charge in [-0.15, -0.1) is 0 Å². The van der Waals surface area contributed by atoms with Crippen molar-refractivity contribution in [3.8, 4) is 0 Å². The van der Waals surface area contributed by atoms with Crippen LogP contribution in [0, 0.1) is 5.82 Å². The Balaban J connectivity index is 2.10. The molecule has 3 N–H and O–H groups in total. The summed E-state index contributed by atoms with van der Waals surface area (Å²) in [6, 6.07) is 12.1.